The van der Waals surface area contributed by atoms with Crippen LogP contribution in [0.4, 0.5) is 5.69 Å². The van der Waals surface area contributed by atoms with Crippen molar-refractivity contribution >= 4 is 31.6 Å². The van der Waals surface area contributed by atoms with Gasteiger partial charge >= 0.3 is 0 Å². The molecule has 0 aliphatic rings. The largest absolute Gasteiger partial charge is 0.334 e. The Hall–Kier alpha value is -1.34. The molecule has 0 unspecified atom stereocenters. The molecule has 7 heteroatoms. The van der Waals surface area contributed by atoms with Crippen molar-refractivity contribution in [3.63, 3.8) is 0 Å². The molecular formula is C14H18BrN3O2S. The Bertz CT molecular complexity index is 759. The standard InChI is InChI=1S/C14H18BrN3O2S/c1-5-18-8-13(16-11(18)4)21(19,20)17-14-10(3)6-9(2)7-12(14)15/h6-8,17H,5H2,1-4H3. The Labute approximate surface area is 133 Å². The predicted molar refractivity (Wildman–Crippen MR) is 87.1 cm³/mol. The topological polar surface area (TPSA) is 64.0 Å². The van der Waals surface area contributed by atoms with E-state index < -0.39 is 10.0 Å². The summed E-state index contributed by atoms with van der Waals surface area (Å²) in [5, 5.41) is 0.0359. The molecule has 1 aromatic heterocycles. The lowest BCUT2D eigenvalue weighted by atomic mass is 10.1. The average molecular weight is 372 g/mol. The highest BCUT2D eigenvalue weighted by molar-refractivity contribution is 9.10. The lowest BCUT2D eigenvalue weighted by molar-refractivity contribution is 0.598. The van der Waals surface area contributed by atoms with Crippen molar-refractivity contribution in [3.05, 3.63) is 39.8 Å². The molecule has 0 aliphatic heterocycles. The zero-order valence-electron chi connectivity index (χ0n) is 12.4. The van der Waals surface area contributed by atoms with Gasteiger partial charge in [0.25, 0.3) is 10.0 Å². The summed E-state index contributed by atoms with van der Waals surface area (Å²) in [6, 6.07) is 3.80. The van der Waals surface area contributed by atoms with Crippen LogP contribution in [0.2, 0.25) is 0 Å². The second kappa shape index (κ2) is 5.81. The predicted octanol–water partition coefficient (Wildman–Crippen LogP) is 3.39. The third-order valence-electron chi connectivity index (χ3n) is 3.24. The molecule has 2 rings (SSSR count). The summed E-state index contributed by atoms with van der Waals surface area (Å²) in [6.07, 6.45) is 1.55. The van der Waals surface area contributed by atoms with Crippen LogP contribution in [0, 0.1) is 20.8 Å². The average Bonchev–Trinajstić information content (AvgIpc) is 2.76. The third-order valence-corrected chi connectivity index (χ3v) is 5.08. The second-order valence-electron chi connectivity index (χ2n) is 4.96. The number of halogens is 1. The number of hydrogen-bond donors (Lipinski definition) is 1. The van der Waals surface area contributed by atoms with Crippen LogP contribution in [0.25, 0.3) is 0 Å². The van der Waals surface area contributed by atoms with Crippen molar-refractivity contribution in [2.24, 2.45) is 0 Å². The molecule has 0 bridgehead atoms. The highest BCUT2D eigenvalue weighted by Crippen LogP contribution is 2.29. The van der Waals surface area contributed by atoms with Crippen molar-refractivity contribution in [2.75, 3.05) is 4.72 Å². The van der Waals surface area contributed by atoms with E-state index in [4.69, 9.17) is 0 Å². The van der Waals surface area contributed by atoms with Crippen molar-refractivity contribution in [1.29, 1.82) is 0 Å². The van der Waals surface area contributed by atoms with Gasteiger partial charge in [-0.2, -0.15) is 8.42 Å². The molecule has 114 valence electrons. The van der Waals surface area contributed by atoms with Crippen molar-refractivity contribution in [1.82, 2.24) is 9.55 Å². The van der Waals surface area contributed by atoms with Gasteiger partial charge < -0.3 is 4.57 Å². The van der Waals surface area contributed by atoms with Crippen LogP contribution < -0.4 is 4.72 Å². The molecular weight excluding hydrogens is 354 g/mol. The number of imidazole rings is 1. The molecule has 0 saturated carbocycles. The molecule has 21 heavy (non-hydrogen) atoms. The Morgan fingerprint density at radius 1 is 1.29 bits per heavy atom. The van der Waals surface area contributed by atoms with Gasteiger partial charge in [-0.25, -0.2) is 4.98 Å². The molecule has 2 aromatic rings. The van der Waals surface area contributed by atoms with Gasteiger partial charge in [-0.1, -0.05) is 6.07 Å². The quantitative estimate of drug-likeness (QED) is 0.895. The number of rotatable bonds is 4. The molecule has 1 N–H and O–H groups in total. The van der Waals surface area contributed by atoms with E-state index in [2.05, 4.69) is 25.6 Å². The van der Waals surface area contributed by atoms with Crippen LogP contribution in [0.5, 0.6) is 0 Å². The van der Waals surface area contributed by atoms with Gasteiger partial charge in [0.2, 0.25) is 0 Å². The van der Waals surface area contributed by atoms with E-state index in [9.17, 15) is 8.42 Å². The summed E-state index contributed by atoms with van der Waals surface area (Å²) in [5.41, 5.74) is 2.47. The van der Waals surface area contributed by atoms with Crippen LogP contribution in [-0.4, -0.2) is 18.0 Å². The fraction of sp³-hybridized carbons (Fsp3) is 0.357. The minimum atomic E-state index is -3.69. The van der Waals surface area contributed by atoms with E-state index >= 15 is 0 Å². The minimum Gasteiger partial charge on any atom is -0.334 e. The van der Waals surface area contributed by atoms with E-state index in [0.29, 0.717) is 18.1 Å². The lowest BCUT2D eigenvalue weighted by Gasteiger charge is -2.12. The molecule has 0 saturated heterocycles. The van der Waals surface area contributed by atoms with Gasteiger partial charge in [0.05, 0.1) is 5.69 Å². The van der Waals surface area contributed by atoms with Crippen LogP contribution >= 0.6 is 15.9 Å². The fourth-order valence-corrected chi connectivity index (χ4v) is 4.23. The molecule has 0 amide bonds. The number of sulfonamides is 1. The summed E-state index contributed by atoms with van der Waals surface area (Å²) in [5.74, 6) is 0.678. The van der Waals surface area contributed by atoms with E-state index in [0.717, 1.165) is 15.6 Å². The highest BCUT2D eigenvalue weighted by Gasteiger charge is 2.21. The summed E-state index contributed by atoms with van der Waals surface area (Å²) < 4.78 is 30.1. The van der Waals surface area contributed by atoms with Crippen LogP contribution in [-0.2, 0) is 16.6 Å². The summed E-state index contributed by atoms with van der Waals surface area (Å²) in [7, 11) is -3.69. The van der Waals surface area contributed by atoms with Crippen molar-refractivity contribution < 1.29 is 8.42 Å². The van der Waals surface area contributed by atoms with E-state index in [1.54, 1.807) is 17.7 Å². The first kappa shape index (κ1) is 16.0. The van der Waals surface area contributed by atoms with Gasteiger partial charge in [-0.05, 0) is 60.8 Å². The van der Waals surface area contributed by atoms with Gasteiger partial charge in [0.1, 0.15) is 5.82 Å². The van der Waals surface area contributed by atoms with Crippen molar-refractivity contribution in [3.8, 4) is 0 Å². The van der Waals surface area contributed by atoms with Crippen molar-refractivity contribution in [2.45, 2.75) is 39.3 Å². The van der Waals surface area contributed by atoms with Gasteiger partial charge in [-0.3, -0.25) is 4.72 Å². The monoisotopic (exact) mass is 371 g/mol. The van der Waals surface area contributed by atoms with Crippen LogP contribution in [0.15, 0.2) is 27.8 Å². The zero-order valence-corrected chi connectivity index (χ0v) is 14.8. The fourth-order valence-electron chi connectivity index (χ4n) is 2.16. The Morgan fingerprint density at radius 3 is 2.48 bits per heavy atom. The molecule has 1 heterocycles. The van der Waals surface area contributed by atoms with Crippen LogP contribution in [0.3, 0.4) is 0 Å². The number of hydrogen-bond acceptors (Lipinski definition) is 3. The maximum Gasteiger partial charge on any atom is 0.281 e. The lowest BCUT2D eigenvalue weighted by Crippen LogP contribution is -2.15. The minimum absolute atomic E-state index is 0.0359. The number of aryl methyl sites for hydroxylation is 4. The smallest absolute Gasteiger partial charge is 0.281 e. The zero-order chi connectivity index (χ0) is 15.8. The third kappa shape index (κ3) is 3.29. The van der Waals surface area contributed by atoms with Gasteiger partial charge in [0.15, 0.2) is 5.03 Å². The molecule has 0 aliphatic carbocycles. The normalized spacial score (nSPS) is 11.7. The Kier molecular flexibility index (Phi) is 4.43. The Balaban J connectivity index is 2.42. The maximum atomic E-state index is 12.5. The number of nitrogens with one attached hydrogen (secondary N) is 1. The molecule has 0 fully saturated rings. The molecule has 1 aromatic carbocycles. The second-order valence-corrected chi connectivity index (χ2v) is 7.44. The summed E-state index contributed by atoms with van der Waals surface area (Å²) in [4.78, 5) is 4.12. The molecule has 0 spiro atoms. The van der Waals surface area contributed by atoms with E-state index in [-0.39, 0.29) is 5.03 Å². The Morgan fingerprint density at radius 2 is 1.95 bits per heavy atom. The SMILES string of the molecule is CCn1cc(S(=O)(=O)Nc2c(C)cc(C)cc2Br)nc1C. The van der Waals surface area contributed by atoms with Gasteiger partial charge in [0, 0.05) is 17.2 Å². The first-order valence-electron chi connectivity index (χ1n) is 6.58. The number of benzene rings is 1. The molecule has 5 nitrogen and oxygen atoms in total. The summed E-state index contributed by atoms with van der Waals surface area (Å²) in [6.45, 7) is 8.24. The molecule has 0 atom stereocenters. The molecule has 0 radical (unpaired) electrons. The number of nitrogens with zero attached hydrogens (tertiary/aromatic N) is 2. The highest BCUT2D eigenvalue weighted by atomic mass is 79.9. The van der Waals surface area contributed by atoms with Crippen LogP contribution in [0.1, 0.15) is 23.9 Å². The number of aromatic nitrogens is 2. The van der Waals surface area contributed by atoms with E-state index in [1.165, 1.54) is 0 Å². The first-order valence-corrected chi connectivity index (χ1v) is 8.85. The van der Waals surface area contributed by atoms with E-state index in [1.807, 2.05) is 32.9 Å². The first-order chi connectivity index (χ1) is 9.74. The maximum absolute atomic E-state index is 12.5. The summed E-state index contributed by atoms with van der Waals surface area (Å²) >= 11 is 3.40. The number of anilines is 1. The van der Waals surface area contributed by atoms with Gasteiger partial charge in [-0.15, -0.1) is 0 Å².